The molecule has 0 aliphatic carbocycles. The molecule has 0 saturated carbocycles. The standard InChI is InChI=1S/C13H18N2O5/c14-7-9-1-2-10(20-9)11(16)15-8-13(12(17)18)3-5-19-6-4-13/h1-2H,3-8,14H2,(H,15,16)(H,17,18). The first-order valence-corrected chi connectivity index (χ1v) is 6.45. The molecule has 1 fully saturated rings. The summed E-state index contributed by atoms with van der Waals surface area (Å²) in [6.45, 7) is 1.05. The molecule has 0 radical (unpaired) electrons. The van der Waals surface area contributed by atoms with E-state index < -0.39 is 17.3 Å². The molecule has 0 spiro atoms. The lowest BCUT2D eigenvalue weighted by Crippen LogP contribution is -2.46. The Balaban J connectivity index is 1.98. The van der Waals surface area contributed by atoms with Gasteiger partial charge in [0.15, 0.2) is 5.76 Å². The van der Waals surface area contributed by atoms with Crippen molar-refractivity contribution in [1.82, 2.24) is 5.32 Å². The van der Waals surface area contributed by atoms with Crippen LogP contribution in [-0.4, -0.2) is 36.7 Å². The lowest BCUT2D eigenvalue weighted by molar-refractivity contribution is -0.154. The van der Waals surface area contributed by atoms with Gasteiger partial charge in [0.1, 0.15) is 5.76 Å². The van der Waals surface area contributed by atoms with Gasteiger partial charge in [0.25, 0.3) is 5.91 Å². The van der Waals surface area contributed by atoms with Crippen LogP contribution in [0.1, 0.15) is 29.2 Å². The molecule has 1 aliphatic rings. The second-order valence-electron chi connectivity index (χ2n) is 4.85. The molecular weight excluding hydrogens is 264 g/mol. The number of carboxylic acids is 1. The molecule has 20 heavy (non-hydrogen) atoms. The van der Waals surface area contributed by atoms with Crippen LogP contribution in [0.2, 0.25) is 0 Å². The van der Waals surface area contributed by atoms with Gasteiger partial charge in [-0.05, 0) is 25.0 Å². The lowest BCUT2D eigenvalue weighted by atomic mass is 9.80. The van der Waals surface area contributed by atoms with E-state index in [1.807, 2.05) is 0 Å². The number of hydrogen-bond donors (Lipinski definition) is 3. The first-order valence-electron chi connectivity index (χ1n) is 6.45. The Morgan fingerprint density at radius 2 is 2.05 bits per heavy atom. The van der Waals surface area contributed by atoms with Crippen molar-refractivity contribution in [1.29, 1.82) is 0 Å². The van der Waals surface area contributed by atoms with E-state index in [1.54, 1.807) is 6.07 Å². The van der Waals surface area contributed by atoms with Crippen LogP contribution in [0.15, 0.2) is 16.5 Å². The topological polar surface area (TPSA) is 115 Å². The molecule has 0 unspecified atom stereocenters. The maximum absolute atomic E-state index is 11.9. The van der Waals surface area contributed by atoms with Crippen LogP contribution in [-0.2, 0) is 16.1 Å². The normalized spacial score (nSPS) is 17.6. The lowest BCUT2D eigenvalue weighted by Gasteiger charge is -2.32. The van der Waals surface area contributed by atoms with Crippen molar-refractivity contribution in [3.05, 3.63) is 23.7 Å². The number of furan rings is 1. The highest BCUT2D eigenvalue weighted by Gasteiger charge is 2.40. The average Bonchev–Trinajstić information content (AvgIpc) is 2.94. The number of rotatable bonds is 5. The minimum absolute atomic E-state index is 0.0587. The number of amides is 1. The molecule has 1 amide bonds. The van der Waals surface area contributed by atoms with Crippen molar-refractivity contribution in [3.63, 3.8) is 0 Å². The molecule has 1 aromatic heterocycles. The SMILES string of the molecule is NCc1ccc(C(=O)NCC2(C(=O)O)CCOCC2)o1. The highest BCUT2D eigenvalue weighted by atomic mass is 16.5. The van der Waals surface area contributed by atoms with Crippen LogP contribution in [0.3, 0.4) is 0 Å². The Morgan fingerprint density at radius 3 is 2.60 bits per heavy atom. The van der Waals surface area contributed by atoms with Gasteiger partial charge in [0.2, 0.25) is 0 Å². The summed E-state index contributed by atoms with van der Waals surface area (Å²) in [6, 6.07) is 3.14. The molecule has 110 valence electrons. The molecule has 0 atom stereocenters. The summed E-state index contributed by atoms with van der Waals surface area (Å²) < 4.78 is 10.4. The molecule has 1 aliphatic heterocycles. The Labute approximate surface area is 116 Å². The number of nitrogens with two attached hydrogens (primary N) is 1. The fraction of sp³-hybridized carbons (Fsp3) is 0.538. The van der Waals surface area contributed by atoms with E-state index in [9.17, 15) is 14.7 Å². The number of nitrogens with one attached hydrogen (secondary N) is 1. The van der Waals surface area contributed by atoms with E-state index in [0.29, 0.717) is 31.8 Å². The largest absolute Gasteiger partial charge is 0.481 e. The predicted molar refractivity (Wildman–Crippen MR) is 69.1 cm³/mol. The number of ether oxygens (including phenoxy) is 1. The molecule has 4 N–H and O–H groups in total. The Morgan fingerprint density at radius 1 is 1.35 bits per heavy atom. The maximum Gasteiger partial charge on any atom is 0.311 e. The third kappa shape index (κ3) is 3.00. The van der Waals surface area contributed by atoms with E-state index in [0.717, 1.165) is 0 Å². The van der Waals surface area contributed by atoms with Crippen molar-refractivity contribution in [2.45, 2.75) is 19.4 Å². The zero-order chi connectivity index (χ0) is 14.6. The molecule has 1 saturated heterocycles. The highest BCUT2D eigenvalue weighted by molar-refractivity contribution is 5.92. The Kier molecular flexibility index (Phi) is 4.41. The van der Waals surface area contributed by atoms with E-state index >= 15 is 0 Å². The summed E-state index contributed by atoms with van der Waals surface area (Å²) in [5.74, 6) is -0.702. The number of carbonyl (C=O) groups is 2. The second-order valence-corrected chi connectivity index (χ2v) is 4.85. The van der Waals surface area contributed by atoms with Gasteiger partial charge in [0, 0.05) is 19.8 Å². The Bertz CT molecular complexity index is 491. The van der Waals surface area contributed by atoms with Crippen LogP contribution in [0.25, 0.3) is 0 Å². The van der Waals surface area contributed by atoms with Crippen molar-refractivity contribution in [3.8, 4) is 0 Å². The maximum atomic E-state index is 11.9. The highest BCUT2D eigenvalue weighted by Crippen LogP contribution is 2.30. The first-order chi connectivity index (χ1) is 9.57. The predicted octanol–water partition coefficient (Wildman–Crippen LogP) is 0.349. The monoisotopic (exact) mass is 282 g/mol. The van der Waals surface area contributed by atoms with E-state index in [4.69, 9.17) is 14.9 Å². The third-order valence-corrected chi connectivity index (χ3v) is 3.58. The van der Waals surface area contributed by atoms with E-state index in [-0.39, 0.29) is 18.8 Å². The van der Waals surface area contributed by atoms with Crippen LogP contribution < -0.4 is 11.1 Å². The van der Waals surface area contributed by atoms with Crippen LogP contribution in [0.5, 0.6) is 0 Å². The van der Waals surface area contributed by atoms with Gasteiger partial charge in [-0.15, -0.1) is 0 Å². The summed E-state index contributed by atoms with van der Waals surface area (Å²) in [5, 5.41) is 12.0. The summed E-state index contributed by atoms with van der Waals surface area (Å²) in [6.07, 6.45) is 0.767. The minimum atomic E-state index is -0.961. The molecule has 2 heterocycles. The molecular formula is C13H18N2O5. The van der Waals surface area contributed by atoms with Gasteiger partial charge in [-0.25, -0.2) is 0 Å². The molecule has 0 bridgehead atoms. The summed E-state index contributed by atoms with van der Waals surface area (Å²) >= 11 is 0. The van der Waals surface area contributed by atoms with Gasteiger partial charge < -0.3 is 25.3 Å². The van der Waals surface area contributed by atoms with Gasteiger partial charge in [0.05, 0.1) is 12.0 Å². The quantitative estimate of drug-likeness (QED) is 0.717. The smallest absolute Gasteiger partial charge is 0.311 e. The molecule has 2 rings (SSSR count). The van der Waals surface area contributed by atoms with Gasteiger partial charge in [-0.1, -0.05) is 0 Å². The van der Waals surface area contributed by atoms with Crippen molar-refractivity contribution < 1.29 is 23.8 Å². The number of aliphatic carboxylic acids is 1. The van der Waals surface area contributed by atoms with E-state index in [1.165, 1.54) is 6.07 Å². The minimum Gasteiger partial charge on any atom is -0.481 e. The second kappa shape index (κ2) is 6.06. The molecule has 0 aromatic carbocycles. The summed E-state index contributed by atoms with van der Waals surface area (Å²) in [4.78, 5) is 23.3. The van der Waals surface area contributed by atoms with Crippen molar-refractivity contribution in [2.24, 2.45) is 11.1 Å². The molecule has 7 heteroatoms. The molecule has 7 nitrogen and oxygen atoms in total. The fourth-order valence-corrected chi connectivity index (χ4v) is 2.17. The van der Waals surface area contributed by atoms with E-state index in [2.05, 4.69) is 5.32 Å². The van der Waals surface area contributed by atoms with Gasteiger partial charge in [-0.2, -0.15) is 0 Å². The Hall–Kier alpha value is -1.86. The van der Waals surface area contributed by atoms with Crippen LogP contribution in [0, 0.1) is 5.41 Å². The van der Waals surface area contributed by atoms with Crippen molar-refractivity contribution >= 4 is 11.9 Å². The average molecular weight is 282 g/mol. The van der Waals surface area contributed by atoms with Crippen LogP contribution in [0.4, 0.5) is 0 Å². The number of carbonyl (C=O) groups excluding carboxylic acids is 1. The van der Waals surface area contributed by atoms with Gasteiger partial charge >= 0.3 is 5.97 Å². The summed E-state index contributed by atoms with van der Waals surface area (Å²) in [5.41, 5.74) is 4.44. The van der Waals surface area contributed by atoms with Crippen molar-refractivity contribution in [2.75, 3.05) is 19.8 Å². The first kappa shape index (κ1) is 14.5. The zero-order valence-corrected chi connectivity index (χ0v) is 11.1. The molecule has 1 aromatic rings. The third-order valence-electron chi connectivity index (χ3n) is 3.58. The van der Waals surface area contributed by atoms with Crippen LogP contribution >= 0.6 is 0 Å². The fourth-order valence-electron chi connectivity index (χ4n) is 2.17. The summed E-state index contributed by atoms with van der Waals surface area (Å²) in [7, 11) is 0. The number of carboxylic acid groups (broad SMARTS) is 1. The number of hydrogen-bond acceptors (Lipinski definition) is 5. The van der Waals surface area contributed by atoms with Gasteiger partial charge in [-0.3, -0.25) is 9.59 Å². The zero-order valence-electron chi connectivity index (χ0n) is 11.1.